The fourth-order valence-electron chi connectivity index (χ4n) is 3.02. The lowest BCUT2D eigenvalue weighted by atomic mass is 10.1. The van der Waals surface area contributed by atoms with E-state index in [0.29, 0.717) is 29.2 Å². The van der Waals surface area contributed by atoms with E-state index in [-0.39, 0.29) is 29.9 Å². The third kappa shape index (κ3) is 2.96. The number of hydrogen-bond donors (Lipinski definition) is 0. The van der Waals surface area contributed by atoms with Crippen molar-refractivity contribution in [1.29, 1.82) is 0 Å². The standard InChI is InChI=1S/C19H15F2N3O2/c1-11-5-6-15(9-16(11)21)24-10-13(8-17(24)25)19-22-18(23-26-19)12-3-2-4-14(20)7-12/h2-7,9,13H,8,10H2,1H3. The molecule has 4 rings (SSSR count). The first-order valence-electron chi connectivity index (χ1n) is 8.17. The van der Waals surface area contributed by atoms with Crippen LogP contribution < -0.4 is 4.90 Å². The van der Waals surface area contributed by atoms with E-state index in [1.807, 2.05) is 0 Å². The lowest BCUT2D eigenvalue weighted by Gasteiger charge is -2.16. The summed E-state index contributed by atoms with van der Waals surface area (Å²) < 4.78 is 32.4. The Morgan fingerprint density at radius 3 is 2.81 bits per heavy atom. The summed E-state index contributed by atoms with van der Waals surface area (Å²) in [5.74, 6) is -0.590. The van der Waals surface area contributed by atoms with Crippen LogP contribution in [0.15, 0.2) is 47.0 Å². The molecule has 0 radical (unpaired) electrons. The number of anilines is 1. The minimum Gasteiger partial charge on any atom is -0.339 e. The van der Waals surface area contributed by atoms with Crippen LogP contribution in [0.4, 0.5) is 14.5 Å². The molecule has 1 fully saturated rings. The van der Waals surface area contributed by atoms with Crippen molar-refractivity contribution in [3.8, 4) is 11.4 Å². The summed E-state index contributed by atoms with van der Waals surface area (Å²) in [7, 11) is 0. The van der Waals surface area contributed by atoms with Crippen LogP contribution in [0, 0.1) is 18.6 Å². The van der Waals surface area contributed by atoms with Crippen molar-refractivity contribution < 1.29 is 18.1 Å². The average Bonchev–Trinajstić information content (AvgIpc) is 3.24. The summed E-state index contributed by atoms with van der Waals surface area (Å²) in [5.41, 5.74) is 1.53. The molecule has 1 aromatic heterocycles. The molecule has 132 valence electrons. The van der Waals surface area contributed by atoms with E-state index >= 15 is 0 Å². The van der Waals surface area contributed by atoms with Crippen LogP contribution in [0.25, 0.3) is 11.4 Å². The molecular weight excluding hydrogens is 340 g/mol. The Hall–Kier alpha value is -3.09. The van der Waals surface area contributed by atoms with Gasteiger partial charge in [-0.05, 0) is 36.8 Å². The van der Waals surface area contributed by atoms with Gasteiger partial charge in [0.05, 0.1) is 5.92 Å². The summed E-state index contributed by atoms with van der Waals surface area (Å²) in [4.78, 5) is 18.2. The smallest absolute Gasteiger partial charge is 0.232 e. The van der Waals surface area contributed by atoms with Crippen molar-refractivity contribution in [2.45, 2.75) is 19.3 Å². The van der Waals surface area contributed by atoms with Gasteiger partial charge in [-0.2, -0.15) is 4.98 Å². The maximum atomic E-state index is 13.8. The molecule has 1 aliphatic rings. The zero-order valence-electron chi connectivity index (χ0n) is 13.9. The van der Waals surface area contributed by atoms with Crippen molar-refractivity contribution in [3.63, 3.8) is 0 Å². The van der Waals surface area contributed by atoms with Crippen LogP contribution in [0.5, 0.6) is 0 Å². The van der Waals surface area contributed by atoms with E-state index in [1.54, 1.807) is 31.2 Å². The number of carbonyl (C=O) groups is 1. The molecule has 1 unspecified atom stereocenters. The first kappa shape index (κ1) is 16.4. The Kier molecular flexibility index (Phi) is 3.99. The molecule has 0 bridgehead atoms. The van der Waals surface area contributed by atoms with Gasteiger partial charge in [-0.3, -0.25) is 4.79 Å². The first-order valence-corrected chi connectivity index (χ1v) is 8.17. The van der Waals surface area contributed by atoms with E-state index in [9.17, 15) is 13.6 Å². The summed E-state index contributed by atoms with van der Waals surface area (Å²) in [5, 5.41) is 3.88. The zero-order valence-corrected chi connectivity index (χ0v) is 13.9. The lowest BCUT2D eigenvalue weighted by molar-refractivity contribution is -0.117. The maximum absolute atomic E-state index is 13.8. The fraction of sp³-hybridized carbons (Fsp3) is 0.211. The number of aromatic nitrogens is 2. The first-order chi connectivity index (χ1) is 12.5. The van der Waals surface area contributed by atoms with Crippen LogP contribution in [0.2, 0.25) is 0 Å². The number of amides is 1. The van der Waals surface area contributed by atoms with E-state index in [2.05, 4.69) is 10.1 Å². The van der Waals surface area contributed by atoms with Gasteiger partial charge in [-0.25, -0.2) is 8.78 Å². The molecule has 1 atom stereocenters. The van der Waals surface area contributed by atoms with Gasteiger partial charge >= 0.3 is 0 Å². The highest BCUT2D eigenvalue weighted by atomic mass is 19.1. The molecule has 0 spiro atoms. The molecule has 5 nitrogen and oxygen atoms in total. The van der Waals surface area contributed by atoms with E-state index in [4.69, 9.17) is 4.52 Å². The Bertz CT molecular complexity index is 986. The third-order valence-corrected chi connectivity index (χ3v) is 4.47. The number of aryl methyl sites for hydroxylation is 1. The minimum absolute atomic E-state index is 0.135. The van der Waals surface area contributed by atoms with Gasteiger partial charge in [0.25, 0.3) is 0 Å². The quantitative estimate of drug-likeness (QED) is 0.716. The van der Waals surface area contributed by atoms with Gasteiger partial charge in [0.1, 0.15) is 11.6 Å². The predicted molar refractivity (Wildman–Crippen MR) is 90.5 cm³/mol. The average molecular weight is 355 g/mol. The maximum Gasteiger partial charge on any atom is 0.232 e. The van der Waals surface area contributed by atoms with Crippen molar-refractivity contribution in [2.24, 2.45) is 0 Å². The van der Waals surface area contributed by atoms with Gasteiger partial charge in [-0.1, -0.05) is 23.4 Å². The highest BCUT2D eigenvalue weighted by Gasteiger charge is 2.35. The number of hydrogen-bond acceptors (Lipinski definition) is 4. The normalized spacial score (nSPS) is 17.1. The summed E-state index contributed by atoms with van der Waals surface area (Å²) in [6.45, 7) is 1.99. The minimum atomic E-state index is -0.391. The van der Waals surface area contributed by atoms with Gasteiger partial charge in [0.2, 0.25) is 17.6 Å². The summed E-state index contributed by atoms with van der Waals surface area (Å²) in [6.07, 6.45) is 0.195. The predicted octanol–water partition coefficient (Wildman–Crippen LogP) is 3.84. The second kappa shape index (κ2) is 6.33. The van der Waals surface area contributed by atoms with E-state index in [0.717, 1.165) is 0 Å². The van der Waals surface area contributed by atoms with Gasteiger partial charge < -0.3 is 9.42 Å². The SMILES string of the molecule is Cc1ccc(N2CC(c3nc(-c4cccc(F)c4)no3)CC2=O)cc1F. The molecule has 26 heavy (non-hydrogen) atoms. The lowest BCUT2D eigenvalue weighted by Crippen LogP contribution is -2.24. The Labute approximate surface area is 148 Å². The molecule has 0 N–H and O–H groups in total. The number of nitrogens with zero attached hydrogens (tertiary/aromatic N) is 3. The fourth-order valence-corrected chi connectivity index (χ4v) is 3.02. The molecule has 2 aromatic carbocycles. The number of halogens is 2. The van der Waals surface area contributed by atoms with Crippen LogP contribution >= 0.6 is 0 Å². The molecule has 1 aliphatic heterocycles. The molecule has 1 saturated heterocycles. The Balaban J connectivity index is 1.56. The Morgan fingerprint density at radius 1 is 1.19 bits per heavy atom. The van der Waals surface area contributed by atoms with E-state index in [1.165, 1.54) is 23.1 Å². The van der Waals surface area contributed by atoms with Gasteiger partial charge in [0.15, 0.2) is 0 Å². The molecule has 1 amide bonds. The monoisotopic (exact) mass is 355 g/mol. The third-order valence-electron chi connectivity index (χ3n) is 4.47. The van der Waals surface area contributed by atoms with Crippen LogP contribution in [0.1, 0.15) is 23.8 Å². The van der Waals surface area contributed by atoms with Crippen LogP contribution in [0.3, 0.4) is 0 Å². The highest BCUT2D eigenvalue weighted by Crippen LogP contribution is 2.32. The second-order valence-electron chi connectivity index (χ2n) is 6.31. The van der Waals surface area contributed by atoms with Crippen molar-refractivity contribution in [2.75, 3.05) is 11.4 Å². The van der Waals surface area contributed by atoms with Crippen molar-refractivity contribution >= 4 is 11.6 Å². The number of carbonyl (C=O) groups excluding carboxylic acids is 1. The number of rotatable bonds is 3. The molecular formula is C19H15F2N3O2. The summed E-state index contributed by atoms with van der Waals surface area (Å²) >= 11 is 0. The zero-order chi connectivity index (χ0) is 18.3. The molecule has 7 heteroatoms. The second-order valence-corrected chi connectivity index (χ2v) is 6.31. The van der Waals surface area contributed by atoms with Crippen molar-refractivity contribution in [1.82, 2.24) is 10.1 Å². The Morgan fingerprint density at radius 2 is 2.04 bits per heavy atom. The number of benzene rings is 2. The molecule has 0 aliphatic carbocycles. The van der Waals surface area contributed by atoms with Gasteiger partial charge in [-0.15, -0.1) is 0 Å². The molecule has 0 saturated carbocycles. The largest absolute Gasteiger partial charge is 0.339 e. The van der Waals surface area contributed by atoms with E-state index < -0.39 is 5.82 Å². The summed E-state index contributed by atoms with van der Waals surface area (Å²) in [6, 6.07) is 10.6. The topological polar surface area (TPSA) is 59.2 Å². The van der Waals surface area contributed by atoms with Gasteiger partial charge in [0, 0.05) is 24.2 Å². The highest BCUT2D eigenvalue weighted by molar-refractivity contribution is 5.96. The van der Waals surface area contributed by atoms with Crippen molar-refractivity contribution in [3.05, 3.63) is 65.6 Å². The van der Waals surface area contributed by atoms with Crippen LogP contribution in [-0.4, -0.2) is 22.6 Å². The molecule has 2 heterocycles. The molecule has 3 aromatic rings. The van der Waals surface area contributed by atoms with Crippen LogP contribution in [-0.2, 0) is 4.79 Å².